The molecule has 0 spiro atoms. The molecule has 33 heavy (non-hydrogen) atoms. The Bertz CT molecular complexity index is 940. The van der Waals surface area contributed by atoms with Gasteiger partial charge in [-0.1, -0.05) is 43.3 Å². The highest BCUT2D eigenvalue weighted by Crippen LogP contribution is 2.34. The standard InChI is InChI=1S/C24H25ClO7S/c1-3-33-24-21(32-23(28)17-12-8-5-9-13-17)20(30-18(26)14-25)19(15(2)29-24)31-22(27)16-10-6-4-7-11-16/h4-13,15,19-21,24H,3,14H2,1-2H3/t15-,19-,20+,21+,24-/m0/s1. The minimum absolute atomic E-state index is 0.329. The van der Waals surface area contributed by atoms with Crippen molar-refractivity contribution in [3.05, 3.63) is 71.8 Å². The molecule has 1 aliphatic heterocycles. The molecule has 1 saturated heterocycles. The molecule has 0 aliphatic carbocycles. The molecule has 1 aliphatic rings. The first-order valence-electron chi connectivity index (χ1n) is 10.5. The number of rotatable bonds is 8. The van der Waals surface area contributed by atoms with Gasteiger partial charge in [-0.05, 0) is 36.9 Å². The van der Waals surface area contributed by atoms with Gasteiger partial charge in [-0.15, -0.1) is 23.4 Å². The van der Waals surface area contributed by atoms with Crippen LogP contribution in [-0.4, -0.2) is 59.4 Å². The summed E-state index contributed by atoms with van der Waals surface area (Å²) in [5, 5.41) is 0. The van der Waals surface area contributed by atoms with Gasteiger partial charge >= 0.3 is 17.9 Å². The van der Waals surface area contributed by atoms with E-state index >= 15 is 0 Å². The quantitative estimate of drug-likeness (QED) is 0.309. The SMILES string of the molecule is CCS[C@@H]1O[C@@H](C)[C@H](OC(=O)c2ccccc2)[C@@H](OC(=O)CCl)[C@H]1OC(=O)c1ccccc1. The lowest BCUT2D eigenvalue weighted by Crippen LogP contribution is -2.60. The number of carbonyl (C=O) groups is 3. The average molecular weight is 493 g/mol. The fourth-order valence-corrected chi connectivity index (χ4v) is 4.45. The van der Waals surface area contributed by atoms with E-state index in [4.69, 9.17) is 30.5 Å². The smallest absolute Gasteiger partial charge is 0.338 e. The highest BCUT2D eigenvalue weighted by atomic mass is 35.5. The number of benzene rings is 2. The predicted octanol–water partition coefficient (Wildman–Crippen LogP) is 4.09. The van der Waals surface area contributed by atoms with E-state index < -0.39 is 53.6 Å². The van der Waals surface area contributed by atoms with Crippen molar-refractivity contribution < 1.29 is 33.3 Å². The zero-order valence-electron chi connectivity index (χ0n) is 18.2. The van der Waals surface area contributed by atoms with Crippen molar-refractivity contribution in [3.8, 4) is 0 Å². The summed E-state index contributed by atoms with van der Waals surface area (Å²) in [4.78, 5) is 37.8. The number of esters is 3. The molecule has 3 rings (SSSR count). The van der Waals surface area contributed by atoms with Gasteiger partial charge in [0.2, 0.25) is 0 Å². The lowest BCUT2D eigenvalue weighted by molar-refractivity contribution is -0.210. The van der Waals surface area contributed by atoms with Crippen LogP contribution in [0.5, 0.6) is 0 Å². The molecule has 1 heterocycles. The summed E-state index contributed by atoms with van der Waals surface area (Å²) in [6, 6.07) is 16.8. The van der Waals surface area contributed by atoms with E-state index in [1.165, 1.54) is 11.8 Å². The van der Waals surface area contributed by atoms with E-state index in [2.05, 4.69) is 0 Å². The molecular weight excluding hydrogens is 468 g/mol. The fraction of sp³-hybridized carbons (Fsp3) is 0.375. The van der Waals surface area contributed by atoms with Crippen LogP contribution >= 0.6 is 23.4 Å². The Hall–Kier alpha value is -2.55. The van der Waals surface area contributed by atoms with Gasteiger partial charge in [0.05, 0.1) is 17.2 Å². The topological polar surface area (TPSA) is 88.1 Å². The minimum Gasteiger partial charge on any atom is -0.453 e. The second-order valence-corrected chi connectivity index (χ2v) is 8.87. The number of ether oxygens (including phenoxy) is 4. The average Bonchev–Trinajstić information content (AvgIpc) is 2.84. The van der Waals surface area contributed by atoms with Gasteiger partial charge in [-0.25, -0.2) is 9.59 Å². The Morgan fingerprint density at radius 1 is 0.848 bits per heavy atom. The van der Waals surface area contributed by atoms with Crippen molar-refractivity contribution in [1.82, 2.24) is 0 Å². The third-order valence-corrected chi connectivity index (χ3v) is 6.20. The summed E-state index contributed by atoms with van der Waals surface area (Å²) in [6.45, 7) is 3.64. The van der Waals surface area contributed by atoms with Crippen LogP contribution < -0.4 is 0 Å². The molecule has 0 amide bonds. The van der Waals surface area contributed by atoms with Crippen LogP contribution in [0.2, 0.25) is 0 Å². The third-order valence-electron chi connectivity index (χ3n) is 4.94. The zero-order valence-corrected chi connectivity index (χ0v) is 19.8. The van der Waals surface area contributed by atoms with E-state index in [9.17, 15) is 14.4 Å². The number of hydrogen-bond donors (Lipinski definition) is 0. The maximum atomic E-state index is 12.8. The first-order chi connectivity index (χ1) is 15.9. The summed E-state index contributed by atoms with van der Waals surface area (Å²) in [6.07, 6.45) is -3.79. The van der Waals surface area contributed by atoms with Gasteiger partial charge < -0.3 is 18.9 Å². The Kier molecular flexibility index (Phi) is 9.17. The Balaban J connectivity index is 1.91. The molecule has 5 atom stereocenters. The van der Waals surface area contributed by atoms with Crippen LogP contribution in [0, 0.1) is 0 Å². The first-order valence-corrected chi connectivity index (χ1v) is 12.1. The fourth-order valence-electron chi connectivity index (χ4n) is 3.41. The van der Waals surface area contributed by atoms with Crippen LogP contribution in [0.15, 0.2) is 60.7 Å². The molecule has 0 N–H and O–H groups in total. The Morgan fingerprint density at radius 3 is 1.85 bits per heavy atom. The molecule has 0 aromatic heterocycles. The largest absolute Gasteiger partial charge is 0.453 e. The van der Waals surface area contributed by atoms with Crippen LogP contribution in [0.3, 0.4) is 0 Å². The van der Waals surface area contributed by atoms with E-state index in [0.29, 0.717) is 16.9 Å². The van der Waals surface area contributed by atoms with Crippen molar-refractivity contribution in [3.63, 3.8) is 0 Å². The highest BCUT2D eigenvalue weighted by Gasteiger charge is 2.51. The van der Waals surface area contributed by atoms with E-state index in [1.807, 2.05) is 6.92 Å². The van der Waals surface area contributed by atoms with Crippen molar-refractivity contribution >= 4 is 41.3 Å². The summed E-state index contributed by atoms with van der Waals surface area (Å²) < 4.78 is 23.1. The van der Waals surface area contributed by atoms with Gasteiger partial charge in [0.15, 0.2) is 18.3 Å². The van der Waals surface area contributed by atoms with Crippen molar-refractivity contribution in [2.75, 3.05) is 11.6 Å². The second-order valence-electron chi connectivity index (χ2n) is 7.22. The van der Waals surface area contributed by atoms with Gasteiger partial charge in [0.25, 0.3) is 0 Å². The maximum Gasteiger partial charge on any atom is 0.338 e. The predicted molar refractivity (Wildman–Crippen MR) is 124 cm³/mol. The van der Waals surface area contributed by atoms with Crippen molar-refractivity contribution in [2.45, 2.75) is 43.7 Å². The molecule has 0 saturated carbocycles. The monoisotopic (exact) mass is 492 g/mol. The van der Waals surface area contributed by atoms with E-state index in [1.54, 1.807) is 67.6 Å². The zero-order chi connectivity index (χ0) is 23.8. The summed E-state index contributed by atoms with van der Waals surface area (Å²) in [5.74, 6) is -1.70. The Morgan fingerprint density at radius 2 is 1.36 bits per heavy atom. The maximum absolute atomic E-state index is 12.8. The molecule has 0 bridgehead atoms. The normalized spacial score (nSPS) is 24.5. The lowest BCUT2D eigenvalue weighted by Gasteiger charge is -2.43. The number of hydrogen-bond acceptors (Lipinski definition) is 8. The summed E-state index contributed by atoms with van der Waals surface area (Å²) in [7, 11) is 0. The van der Waals surface area contributed by atoms with Gasteiger partial charge in [-0.2, -0.15) is 0 Å². The Labute approximate surface area is 201 Å². The molecule has 176 valence electrons. The number of alkyl halides is 1. The number of carbonyl (C=O) groups excluding carboxylic acids is 3. The molecule has 2 aromatic rings. The lowest BCUT2D eigenvalue weighted by atomic mass is 9.99. The summed E-state index contributed by atoms with van der Waals surface area (Å²) in [5.41, 5.74) is 0.0177. The number of thioether (sulfide) groups is 1. The van der Waals surface area contributed by atoms with E-state index in [0.717, 1.165) is 0 Å². The third kappa shape index (κ3) is 6.50. The second kappa shape index (κ2) is 12.1. The molecule has 2 aromatic carbocycles. The number of halogens is 1. The van der Waals surface area contributed by atoms with E-state index in [-0.39, 0.29) is 0 Å². The molecule has 0 unspecified atom stereocenters. The van der Waals surface area contributed by atoms with Gasteiger partial charge in [-0.3, -0.25) is 4.79 Å². The van der Waals surface area contributed by atoms with Crippen molar-refractivity contribution in [2.24, 2.45) is 0 Å². The van der Waals surface area contributed by atoms with Gasteiger partial charge in [0.1, 0.15) is 11.3 Å². The highest BCUT2D eigenvalue weighted by molar-refractivity contribution is 7.99. The van der Waals surface area contributed by atoms with Crippen LogP contribution in [0.4, 0.5) is 0 Å². The molecule has 9 heteroatoms. The van der Waals surface area contributed by atoms with Crippen LogP contribution in [-0.2, 0) is 23.7 Å². The molecule has 0 radical (unpaired) electrons. The van der Waals surface area contributed by atoms with Crippen molar-refractivity contribution in [1.29, 1.82) is 0 Å². The minimum atomic E-state index is -1.11. The molecular formula is C24H25ClO7S. The molecule has 1 fully saturated rings. The summed E-state index contributed by atoms with van der Waals surface area (Å²) >= 11 is 7.07. The first kappa shape index (κ1) is 25.1. The van der Waals surface area contributed by atoms with Gasteiger partial charge in [0, 0.05) is 0 Å². The van der Waals surface area contributed by atoms with Crippen LogP contribution in [0.1, 0.15) is 34.6 Å². The van der Waals surface area contributed by atoms with Crippen LogP contribution in [0.25, 0.3) is 0 Å². The molecule has 7 nitrogen and oxygen atoms in total.